The molecule has 1 nitrogen and oxygen atoms in total. The Morgan fingerprint density at radius 1 is 1.05 bits per heavy atom. The van der Waals surface area contributed by atoms with Crippen LogP contribution in [0.2, 0.25) is 0 Å². The van der Waals surface area contributed by atoms with Gasteiger partial charge in [0.2, 0.25) is 0 Å². The molecule has 0 heterocycles. The minimum atomic E-state index is 0.949. The normalized spacial score (nSPS) is 10.3. The van der Waals surface area contributed by atoms with Gasteiger partial charge >= 0.3 is 0 Å². The Balaban J connectivity index is 2.52. The van der Waals surface area contributed by atoms with Gasteiger partial charge in [0.1, 0.15) is 0 Å². The lowest BCUT2D eigenvalue weighted by atomic mass is 9.97. The molecule has 0 fully saturated rings. The lowest BCUT2D eigenvalue weighted by molar-refractivity contribution is 1.31. The second kappa shape index (κ2) is 5.54. The number of rotatable bonds is 3. The highest BCUT2D eigenvalue weighted by Gasteiger charge is 2.08. The predicted molar refractivity (Wildman–Crippen MR) is 87.0 cm³/mol. The maximum Gasteiger partial charge on any atom is 0.0414 e. The third-order valence-electron chi connectivity index (χ3n) is 3.11. The van der Waals surface area contributed by atoms with Crippen molar-refractivity contribution < 1.29 is 0 Å². The Morgan fingerprint density at radius 3 is 2.37 bits per heavy atom. The van der Waals surface area contributed by atoms with Gasteiger partial charge in [-0.2, -0.15) is 0 Å². The molecule has 0 aliphatic carbocycles. The van der Waals surface area contributed by atoms with Gasteiger partial charge in [0, 0.05) is 16.3 Å². The maximum absolute atomic E-state index is 4.54. The number of benzene rings is 2. The zero-order valence-corrected chi connectivity index (χ0v) is 12.5. The first kappa shape index (κ1) is 13.8. The summed E-state index contributed by atoms with van der Waals surface area (Å²) in [5.41, 5.74) is 6.91. The third kappa shape index (κ3) is 3.02. The molecule has 0 bridgehead atoms. The fourth-order valence-electron chi connectivity index (χ4n) is 2.17. The molecule has 1 N–H and O–H groups in total. The minimum Gasteiger partial charge on any atom is -0.359 e. The van der Waals surface area contributed by atoms with Gasteiger partial charge in [-0.1, -0.05) is 24.8 Å². The van der Waals surface area contributed by atoms with Gasteiger partial charge in [-0.25, -0.2) is 0 Å². The summed E-state index contributed by atoms with van der Waals surface area (Å²) in [6.45, 7) is 10.1. The first-order valence-electron chi connectivity index (χ1n) is 6.31. The van der Waals surface area contributed by atoms with E-state index < -0.39 is 0 Å². The molecular weight excluding hydrogens is 250 g/mol. The topological polar surface area (TPSA) is 12.0 Å². The van der Waals surface area contributed by atoms with E-state index in [0.29, 0.717) is 0 Å². The van der Waals surface area contributed by atoms with Crippen LogP contribution in [-0.2, 0) is 0 Å². The Morgan fingerprint density at radius 2 is 1.74 bits per heavy atom. The molecule has 98 valence electrons. The largest absolute Gasteiger partial charge is 0.359 e. The van der Waals surface area contributed by atoms with Crippen molar-refractivity contribution in [2.24, 2.45) is 0 Å². The van der Waals surface area contributed by atoms with Gasteiger partial charge in [0.25, 0.3) is 0 Å². The van der Waals surface area contributed by atoms with Crippen molar-refractivity contribution in [3.63, 3.8) is 0 Å². The molecule has 2 aromatic carbocycles. The Hall–Kier alpha value is -1.67. The van der Waals surface area contributed by atoms with Crippen LogP contribution in [0.1, 0.15) is 18.1 Å². The standard InChI is InChI=1S/C17H19NS/c1-11(2)18-16-10-12(3)15(9-13(16)4)14-7-5-6-8-17(14)19/h5-10,18-19H,1H2,2-4H3. The summed E-state index contributed by atoms with van der Waals surface area (Å²) in [4.78, 5) is 1.01. The van der Waals surface area contributed by atoms with Crippen molar-refractivity contribution in [2.45, 2.75) is 25.7 Å². The van der Waals surface area contributed by atoms with E-state index >= 15 is 0 Å². The molecule has 2 aromatic rings. The van der Waals surface area contributed by atoms with Crippen LogP contribution in [0.3, 0.4) is 0 Å². The quantitative estimate of drug-likeness (QED) is 0.729. The molecule has 0 aliphatic rings. The van der Waals surface area contributed by atoms with Crippen LogP contribution >= 0.6 is 12.6 Å². The SMILES string of the molecule is C=C(C)Nc1cc(C)c(-c2ccccc2S)cc1C. The lowest BCUT2D eigenvalue weighted by Gasteiger charge is -2.15. The summed E-state index contributed by atoms with van der Waals surface area (Å²) < 4.78 is 0. The Kier molecular flexibility index (Phi) is 4.01. The molecule has 0 saturated carbocycles. The number of allylic oxidation sites excluding steroid dienone is 1. The van der Waals surface area contributed by atoms with E-state index in [1.807, 2.05) is 25.1 Å². The van der Waals surface area contributed by atoms with Crippen LogP contribution in [0.5, 0.6) is 0 Å². The van der Waals surface area contributed by atoms with E-state index in [0.717, 1.165) is 16.3 Å². The average molecular weight is 269 g/mol. The minimum absolute atomic E-state index is 0.949. The molecule has 2 heteroatoms. The van der Waals surface area contributed by atoms with E-state index in [9.17, 15) is 0 Å². The van der Waals surface area contributed by atoms with E-state index in [4.69, 9.17) is 0 Å². The number of nitrogens with one attached hydrogen (secondary N) is 1. The van der Waals surface area contributed by atoms with Crippen molar-refractivity contribution >= 4 is 18.3 Å². The molecule has 0 aromatic heterocycles. The fraction of sp³-hybridized carbons (Fsp3) is 0.176. The highest BCUT2D eigenvalue weighted by molar-refractivity contribution is 7.80. The van der Waals surface area contributed by atoms with Crippen molar-refractivity contribution in [3.8, 4) is 11.1 Å². The van der Waals surface area contributed by atoms with Crippen LogP contribution in [-0.4, -0.2) is 0 Å². The second-order valence-electron chi connectivity index (χ2n) is 4.90. The molecule has 2 rings (SSSR count). The highest BCUT2D eigenvalue weighted by atomic mass is 32.1. The molecular formula is C17H19NS. The summed E-state index contributed by atoms with van der Waals surface area (Å²) in [5, 5.41) is 3.29. The second-order valence-corrected chi connectivity index (χ2v) is 5.39. The van der Waals surface area contributed by atoms with E-state index in [2.05, 4.69) is 56.6 Å². The van der Waals surface area contributed by atoms with Crippen LogP contribution in [0.25, 0.3) is 11.1 Å². The van der Waals surface area contributed by atoms with Crippen molar-refractivity contribution in [1.82, 2.24) is 0 Å². The Bertz CT molecular complexity index is 629. The van der Waals surface area contributed by atoms with Crippen LogP contribution < -0.4 is 5.32 Å². The maximum atomic E-state index is 4.54. The van der Waals surface area contributed by atoms with E-state index in [1.165, 1.54) is 22.3 Å². The van der Waals surface area contributed by atoms with Crippen LogP contribution in [0, 0.1) is 13.8 Å². The smallest absolute Gasteiger partial charge is 0.0414 e. The van der Waals surface area contributed by atoms with Crippen LogP contribution in [0.4, 0.5) is 5.69 Å². The van der Waals surface area contributed by atoms with Crippen molar-refractivity contribution in [3.05, 3.63) is 59.8 Å². The molecule has 0 saturated heterocycles. The average Bonchev–Trinajstić information content (AvgIpc) is 2.34. The zero-order chi connectivity index (χ0) is 14.0. The van der Waals surface area contributed by atoms with Crippen molar-refractivity contribution in [1.29, 1.82) is 0 Å². The third-order valence-corrected chi connectivity index (χ3v) is 3.50. The molecule has 0 radical (unpaired) electrons. The summed E-state index contributed by atoms with van der Waals surface area (Å²) in [5.74, 6) is 0. The molecule has 0 aliphatic heterocycles. The number of aryl methyl sites for hydroxylation is 2. The number of hydrogen-bond donors (Lipinski definition) is 2. The zero-order valence-electron chi connectivity index (χ0n) is 11.6. The number of anilines is 1. The van der Waals surface area contributed by atoms with Crippen molar-refractivity contribution in [2.75, 3.05) is 5.32 Å². The molecule has 0 spiro atoms. The van der Waals surface area contributed by atoms with E-state index in [1.54, 1.807) is 0 Å². The van der Waals surface area contributed by atoms with Crippen LogP contribution in [0.15, 0.2) is 53.6 Å². The van der Waals surface area contributed by atoms with E-state index in [-0.39, 0.29) is 0 Å². The first-order valence-corrected chi connectivity index (χ1v) is 6.76. The lowest BCUT2D eigenvalue weighted by Crippen LogP contribution is -1.98. The molecule has 0 amide bonds. The first-order chi connectivity index (χ1) is 8.99. The Labute approximate surface area is 120 Å². The van der Waals surface area contributed by atoms with Gasteiger partial charge in [0.05, 0.1) is 0 Å². The van der Waals surface area contributed by atoms with Gasteiger partial charge in [-0.15, -0.1) is 12.6 Å². The summed E-state index contributed by atoms with van der Waals surface area (Å²) in [6.07, 6.45) is 0. The van der Waals surface area contributed by atoms with Gasteiger partial charge in [0.15, 0.2) is 0 Å². The molecule has 0 atom stereocenters. The highest BCUT2D eigenvalue weighted by Crippen LogP contribution is 2.32. The number of hydrogen-bond acceptors (Lipinski definition) is 2. The van der Waals surface area contributed by atoms with Gasteiger partial charge < -0.3 is 5.32 Å². The van der Waals surface area contributed by atoms with Gasteiger partial charge in [-0.3, -0.25) is 0 Å². The predicted octanol–water partition coefficient (Wildman–Crippen LogP) is 5.20. The summed E-state index contributed by atoms with van der Waals surface area (Å²) in [7, 11) is 0. The molecule has 0 unspecified atom stereocenters. The molecule has 19 heavy (non-hydrogen) atoms. The summed E-state index contributed by atoms with van der Waals surface area (Å²) >= 11 is 4.54. The number of thiol groups is 1. The monoisotopic (exact) mass is 269 g/mol. The fourth-order valence-corrected chi connectivity index (χ4v) is 2.45. The summed E-state index contributed by atoms with van der Waals surface area (Å²) in [6, 6.07) is 12.5. The van der Waals surface area contributed by atoms with Gasteiger partial charge in [-0.05, 0) is 61.2 Å².